The zero-order chi connectivity index (χ0) is 19.3. The van der Waals surface area contributed by atoms with Crippen LogP contribution < -0.4 is 10.6 Å². The van der Waals surface area contributed by atoms with Gasteiger partial charge < -0.3 is 10.6 Å². The summed E-state index contributed by atoms with van der Waals surface area (Å²) in [6, 6.07) is 5.50. The van der Waals surface area contributed by atoms with Crippen LogP contribution in [-0.2, 0) is 0 Å². The third-order valence-corrected chi connectivity index (χ3v) is 7.69. The maximum absolute atomic E-state index is 4.49. The Bertz CT molecular complexity index is 623. The van der Waals surface area contributed by atoms with Crippen LogP contribution in [0.4, 0.5) is 0 Å². The van der Waals surface area contributed by atoms with E-state index in [4.69, 9.17) is 0 Å². The first-order chi connectivity index (χ1) is 13.7. The fourth-order valence-electron chi connectivity index (χ4n) is 4.78. The Morgan fingerprint density at radius 1 is 1.17 bits per heavy atom. The molecule has 1 aromatic heterocycles. The first kappa shape index (κ1) is 23.2. The van der Waals surface area contributed by atoms with Crippen LogP contribution in [0.3, 0.4) is 0 Å². The minimum absolute atomic E-state index is 0. The maximum Gasteiger partial charge on any atom is 0.191 e. The van der Waals surface area contributed by atoms with Gasteiger partial charge in [-0.1, -0.05) is 13.0 Å². The van der Waals surface area contributed by atoms with Gasteiger partial charge in [0.1, 0.15) is 0 Å². The molecule has 5 heterocycles. The Balaban J connectivity index is 0.00000240. The minimum Gasteiger partial charge on any atom is -0.355 e. The fraction of sp³-hybridized carbons (Fsp3) is 0.762. The minimum atomic E-state index is 0. The van der Waals surface area contributed by atoms with Crippen LogP contribution in [0.2, 0.25) is 0 Å². The molecule has 0 saturated carbocycles. The number of hydrogen-bond donors (Lipinski definition) is 2. The molecular weight excluding hydrogens is 495 g/mol. The summed E-state index contributed by atoms with van der Waals surface area (Å²) in [7, 11) is 1.88. The Kier molecular flexibility index (Phi) is 9.03. The van der Waals surface area contributed by atoms with Crippen LogP contribution in [0.1, 0.15) is 30.7 Å². The molecule has 4 fully saturated rings. The molecule has 8 heteroatoms. The van der Waals surface area contributed by atoms with Gasteiger partial charge in [0, 0.05) is 63.8 Å². The van der Waals surface area contributed by atoms with E-state index in [1.807, 2.05) is 18.4 Å². The highest BCUT2D eigenvalue weighted by molar-refractivity contribution is 14.0. The van der Waals surface area contributed by atoms with E-state index >= 15 is 0 Å². The van der Waals surface area contributed by atoms with Crippen molar-refractivity contribution < 1.29 is 0 Å². The van der Waals surface area contributed by atoms with Gasteiger partial charge in [0.2, 0.25) is 0 Å². The Morgan fingerprint density at radius 3 is 2.52 bits per heavy atom. The van der Waals surface area contributed by atoms with Crippen LogP contribution in [0.15, 0.2) is 22.5 Å². The van der Waals surface area contributed by atoms with Gasteiger partial charge in [-0.25, -0.2) is 0 Å². The number of guanidine groups is 1. The van der Waals surface area contributed by atoms with Crippen molar-refractivity contribution in [3.05, 3.63) is 22.4 Å². The number of piperidine rings is 1. The van der Waals surface area contributed by atoms with Crippen molar-refractivity contribution in [3.63, 3.8) is 0 Å². The Labute approximate surface area is 197 Å². The normalized spacial score (nSPS) is 29.3. The number of piperazine rings is 3. The summed E-state index contributed by atoms with van der Waals surface area (Å²) in [4.78, 5) is 13.8. The molecule has 0 spiro atoms. The summed E-state index contributed by atoms with van der Waals surface area (Å²) in [6.45, 7) is 12.8. The van der Waals surface area contributed by atoms with Crippen molar-refractivity contribution in [1.29, 1.82) is 0 Å². The summed E-state index contributed by atoms with van der Waals surface area (Å²) >= 11 is 1.87. The molecule has 4 aliphatic heterocycles. The molecule has 0 aliphatic carbocycles. The molecule has 4 saturated heterocycles. The van der Waals surface area contributed by atoms with Gasteiger partial charge in [-0.05, 0) is 43.3 Å². The number of aliphatic imine (C=N–C) groups is 1. The van der Waals surface area contributed by atoms with Gasteiger partial charge in [-0.2, -0.15) is 0 Å². The smallest absolute Gasteiger partial charge is 0.191 e. The summed E-state index contributed by atoms with van der Waals surface area (Å²) in [5.41, 5.74) is 0. The summed E-state index contributed by atoms with van der Waals surface area (Å²) in [6.07, 6.45) is 2.62. The molecule has 2 bridgehead atoms. The number of thiophene rings is 1. The molecule has 1 aromatic rings. The first-order valence-corrected chi connectivity index (χ1v) is 11.8. The average Bonchev–Trinajstić information content (AvgIpc) is 3.27. The number of hydrogen-bond acceptors (Lipinski definition) is 5. The predicted molar refractivity (Wildman–Crippen MR) is 134 cm³/mol. The summed E-state index contributed by atoms with van der Waals surface area (Å²) < 4.78 is 0. The zero-order valence-corrected chi connectivity index (χ0v) is 21.0. The van der Waals surface area contributed by atoms with Crippen molar-refractivity contribution in [3.8, 4) is 0 Å². The van der Waals surface area contributed by atoms with Crippen LogP contribution in [0.25, 0.3) is 0 Å². The van der Waals surface area contributed by atoms with Crippen molar-refractivity contribution in [2.45, 2.75) is 31.8 Å². The van der Waals surface area contributed by atoms with Crippen LogP contribution in [0.5, 0.6) is 0 Å². The topological polar surface area (TPSA) is 46.1 Å². The number of halogens is 1. The summed E-state index contributed by atoms with van der Waals surface area (Å²) in [5.74, 6) is 1.80. The zero-order valence-electron chi connectivity index (χ0n) is 17.8. The maximum atomic E-state index is 4.49. The lowest BCUT2D eigenvalue weighted by atomic mass is 9.97. The van der Waals surface area contributed by atoms with E-state index in [9.17, 15) is 0 Å². The third-order valence-electron chi connectivity index (χ3n) is 6.71. The van der Waals surface area contributed by atoms with Crippen molar-refractivity contribution in [2.24, 2.45) is 10.9 Å². The van der Waals surface area contributed by atoms with E-state index in [0.717, 1.165) is 25.0 Å². The largest absolute Gasteiger partial charge is 0.355 e. The van der Waals surface area contributed by atoms with Crippen molar-refractivity contribution >= 4 is 41.3 Å². The van der Waals surface area contributed by atoms with E-state index in [0.29, 0.717) is 12.1 Å². The molecule has 29 heavy (non-hydrogen) atoms. The SMILES string of the molecule is CN=C(NCC1CN2CCN1CC2)NCC(c1cccs1)N1CCC(C)CC1.I. The lowest BCUT2D eigenvalue weighted by Gasteiger charge is -2.47. The first-order valence-electron chi connectivity index (χ1n) is 10.9. The van der Waals surface area contributed by atoms with Gasteiger partial charge in [0.15, 0.2) is 5.96 Å². The fourth-order valence-corrected chi connectivity index (χ4v) is 5.64. The number of fused-ring (bicyclic) bond motifs is 3. The van der Waals surface area contributed by atoms with Gasteiger partial charge in [-0.3, -0.25) is 19.7 Å². The second-order valence-electron chi connectivity index (χ2n) is 8.57. The average molecular weight is 533 g/mol. The highest BCUT2D eigenvalue weighted by Gasteiger charge is 2.31. The van der Waals surface area contributed by atoms with Gasteiger partial charge >= 0.3 is 0 Å². The number of rotatable bonds is 6. The molecule has 5 rings (SSSR count). The highest BCUT2D eigenvalue weighted by atomic mass is 127. The second-order valence-corrected chi connectivity index (χ2v) is 9.55. The van der Waals surface area contributed by atoms with Crippen LogP contribution in [0, 0.1) is 5.92 Å². The van der Waals surface area contributed by atoms with Gasteiger partial charge in [0.05, 0.1) is 6.04 Å². The molecule has 0 aromatic carbocycles. The molecular formula is C21H37IN6S. The predicted octanol–water partition coefficient (Wildman–Crippen LogP) is 2.30. The van der Waals surface area contributed by atoms with Crippen LogP contribution in [-0.4, -0.2) is 92.7 Å². The molecule has 2 N–H and O–H groups in total. The van der Waals surface area contributed by atoms with Crippen molar-refractivity contribution in [2.75, 3.05) is 66.0 Å². The number of nitrogens with zero attached hydrogens (tertiary/aromatic N) is 4. The molecule has 164 valence electrons. The Morgan fingerprint density at radius 2 is 1.93 bits per heavy atom. The molecule has 4 aliphatic rings. The third kappa shape index (κ3) is 6.06. The number of likely N-dealkylation sites (tertiary alicyclic amines) is 1. The number of nitrogens with one attached hydrogen (secondary N) is 2. The lowest BCUT2D eigenvalue weighted by molar-refractivity contribution is 0.0154. The molecule has 0 amide bonds. The Hall–Kier alpha value is -0.420. The van der Waals surface area contributed by atoms with Gasteiger partial charge in [-0.15, -0.1) is 35.3 Å². The second kappa shape index (κ2) is 11.3. The van der Waals surface area contributed by atoms with E-state index < -0.39 is 0 Å². The molecule has 2 unspecified atom stereocenters. The van der Waals surface area contributed by atoms with E-state index in [2.05, 4.69) is 54.8 Å². The van der Waals surface area contributed by atoms with E-state index in [1.54, 1.807) is 0 Å². The molecule has 0 radical (unpaired) electrons. The van der Waals surface area contributed by atoms with E-state index in [-0.39, 0.29) is 24.0 Å². The van der Waals surface area contributed by atoms with E-state index in [1.165, 1.54) is 63.5 Å². The highest BCUT2D eigenvalue weighted by Crippen LogP contribution is 2.29. The monoisotopic (exact) mass is 532 g/mol. The van der Waals surface area contributed by atoms with Crippen LogP contribution >= 0.6 is 35.3 Å². The lowest BCUT2D eigenvalue weighted by Crippen LogP contribution is -2.64. The summed E-state index contributed by atoms with van der Waals surface area (Å²) in [5, 5.41) is 9.41. The molecule has 6 nitrogen and oxygen atoms in total. The quantitative estimate of drug-likeness (QED) is 0.335. The van der Waals surface area contributed by atoms with Gasteiger partial charge in [0.25, 0.3) is 0 Å². The standard InChI is InChI=1S/C21H36N6S.HI/c1-17-5-7-27(8-6-17)19(20-4-3-13-28-20)15-24-21(22-2)23-14-18-16-25-9-11-26(18)12-10-25;/h3-4,13,17-19H,5-12,14-16H2,1-2H3,(H2,22,23,24);1H. The van der Waals surface area contributed by atoms with Crippen molar-refractivity contribution in [1.82, 2.24) is 25.3 Å². The molecule has 2 atom stereocenters.